The van der Waals surface area contributed by atoms with Crippen LogP contribution in [0.15, 0.2) is 72.9 Å². The van der Waals surface area contributed by atoms with Crippen molar-refractivity contribution in [2.45, 2.75) is 335 Å². The second-order valence-electron chi connectivity index (χ2n) is 21.7. The van der Waals surface area contributed by atoms with Crippen LogP contribution in [0, 0.1) is 0 Å². The molecule has 0 aromatic carbocycles. The normalized spacial score (nSPS) is 12.5. The molecule has 0 aromatic heterocycles. The molecule has 0 aliphatic heterocycles. The maximum Gasteiger partial charge on any atom is 0.306 e. The summed E-state index contributed by atoms with van der Waals surface area (Å²) in [6.45, 7) is 6.56. The van der Waals surface area contributed by atoms with Crippen molar-refractivity contribution in [2.75, 3.05) is 13.2 Å². The predicted molar refractivity (Wildman–Crippen MR) is 325 cm³/mol. The highest BCUT2D eigenvalue weighted by Gasteiger charge is 2.19. The number of carbonyl (C=O) groups is 3. The Bertz CT molecular complexity index is 1390. The Labute approximate surface area is 465 Å². The molecule has 434 valence electrons. The van der Waals surface area contributed by atoms with Crippen molar-refractivity contribution in [1.82, 2.24) is 0 Å². The van der Waals surface area contributed by atoms with Gasteiger partial charge in [0.05, 0.1) is 0 Å². The first-order valence-electron chi connectivity index (χ1n) is 32.4. The highest BCUT2D eigenvalue weighted by Crippen LogP contribution is 2.16. The summed E-state index contributed by atoms with van der Waals surface area (Å²) >= 11 is 0. The molecule has 0 heterocycles. The number of hydrogen-bond acceptors (Lipinski definition) is 6. The van der Waals surface area contributed by atoms with Crippen LogP contribution in [0.25, 0.3) is 0 Å². The predicted octanol–water partition coefficient (Wildman–Crippen LogP) is 22.1. The third-order valence-corrected chi connectivity index (χ3v) is 14.1. The summed E-state index contributed by atoms with van der Waals surface area (Å²) in [4.78, 5) is 38.3. The molecule has 6 nitrogen and oxygen atoms in total. The summed E-state index contributed by atoms with van der Waals surface area (Å²) in [6, 6.07) is 0. The van der Waals surface area contributed by atoms with E-state index in [1.165, 1.54) is 193 Å². The third kappa shape index (κ3) is 61.6. The average Bonchev–Trinajstić information content (AvgIpc) is 3.41. The SMILES string of the molecule is CCC/C=C\C/C=C\CCCCCCCC(=O)OCC(COC(=O)CCCCCCCCCCCCCCC/C=C\C/C=C\CCCCCCC)OC(=O)CCCCCCCCCCC/C=C\C/C=C\CCCCC. The number of allylic oxidation sites excluding steroid dienone is 12. The summed E-state index contributed by atoms with van der Waals surface area (Å²) in [7, 11) is 0. The quantitative estimate of drug-likeness (QED) is 0.0261. The molecule has 0 aliphatic rings. The van der Waals surface area contributed by atoms with Gasteiger partial charge in [-0.3, -0.25) is 14.4 Å². The Kier molecular flexibility index (Phi) is 60.7. The average molecular weight is 1050 g/mol. The van der Waals surface area contributed by atoms with E-state index in [4.69, 9.17) is 14.2 Å². The van der Waals surface area contributed by atoms with E-state index < -0.39 is 6.10 Å². The molecule has 0 saturated carbocycles. The lowest BCUT2D eigenvalue weighted by atomic mass is 10.0. The fourth-order valence-electron chi connectivity index (χ4n) is 9.25. The standard InChI is InChI=1S/C69H122O6/c1-4-7-10-13-16-19-22-25-27-29-31-32-33-34-35-36-38-39-41-44-47-50-53-56-59-62-68(71)74-65-66(64-73-67(70)61-58-55-52-49-46-43-24-21-18-15-12-9-6-3)75-69(72)63-60-57-54-51-48-45-42-40-37-30-28-26-23-20-17-14-11-8-5-2/h12,15,17,20-22,24-26,28-29,31,66H,4-11,13-14,16,18-19,23,27,30,32-65H2,1-3H3/b15-12-,20-17-,24-21-,25-22-,28-26-,31-29-. The van der Waals surface area contributed by atoms with Gasteiger partial charge in [-0.25, -0.2) is 0 Å². The Morgan fingerprint density at radius 1 is 0.267 bits per heavy atom. The molecule has 0 saturated heterocycles. The van der Waals surface area contributed by atoms with Crippen LogP contribution in [-0.2, 0) is 28.6 Å². The van der Waals surface area contributed by atoms with Crippen LogP contribution in [0.5, 0.6) is 0 Å². The van der Waals surface area contributed by atoms with Crippen molar-refractivity contribution < 1.29 is 28.6 Å². The van der Waals surface area contributed by atoms with Crippen LogP contribution >= 0.6 is 0 Å². The lowest BCUT2D eigenvalue weighted by molar-refractivity contribution is -0.167. The van der Waals surface area contributed by atoms with Crippen molar-refractivity contribution in [3.63, 3.8) is 0 Å². The van der Waals surface area contributed by atoms with Gasteiger partial charge in [0, 0.05) is 19.3 Å². The minimum Gasteiger partial charge on any atom is -0.462 e. The number of hydrogen-bond donors (Lipinski definition) is 0. The number of esters is 3. The molecule has 0 amide bonds. The lowest BCUT2D eigenvalue weighted by Crippen LogP contribution is -2.30. The maximum absolute atomic E-state index is 12.9. The van der Waals surface area contributed by atoms with E-state index >= 15 is 0 Å². The molecule has 1 unspecified atom stereocenters. The topological polar surface area (TPSA) is 78.9 Å². The van der Waals surface area contributed by atoms with E-state index in [-0.39, 0.29) is 31.1 Å². The molecule has 0 radical (unpaired) electrons. The van der Waals surface area contributed by atoms with E-state index in [0.717, 1.165) is 96.3 Å². The molecule has 1 atom stereocenters. The molecule has 0 aromatic rings. The van der Waals surface area contributed by atoms with Gasteiger partial charge in [0.15, 0.2) is 6.10 Å². The number of unbranched alkanes of at least 4 members (excludes halogenated alkanes) is 36. The van der Waals surface area contributed by atoms with Crippen LogP contribution in [0.2, 0.25) is 0 Å². The highest BCUT2D eigenvalue weighted by molar-refractivity contribution is 5.71. The first kappa shape index (κ1) is 71.8. The van der Waals surface area contributed by atoms with E-state index in [2.05, 4.69) is 93.7 Å². The summed E-state index contributed by atoms with van der Waals surface area (Å²) in [5.74, 6) is -0.886. The summed E-state index contributed by atoms with van der Waals surface area (Å²) in [5.41, 5.74) is 0. The van der Waals surface area contributed by atoms with Crippen molar-refractivity contribution in [1.29, 1.82) is 0 Å². The third-order valence-electron chi connectivity index (χ3n) is 14.1. The van der Waals surface area contributed by atoms with Gasteiger partial charge < -0.3 is 14.2 Å². The van der Waals surface area contributed by atoms with Crippen LogP contribution in [-0.4, -0.2) is 37.2 Å². The van der Waals surface area contributed by atoms with Crippen molar-refractivity contribution in [3.8, 4) is 0 Å². The molecule has 0 spiro atoms. The van der Waals surface area contributed by atoms with E-state index in [1.807, 2.05) is 0 Å². The molecule has 0 bridgehead atoms. The number of carbonyl (C=O) groups excluding carboxylic acids is 3. The minimum atomic E-state index is -0.784. The van der Waals surface area contributed by atoms with Crippen LogP contribution in [0.3, 0.4) is 0 Å². The van der Waals surface area contributed by atoms with Gasteiger partial charge >= 0.3 is 17.9 Å². The zero-order chi connectivity index (χ0) is 54.3. The van der Waals surface area contributed by atoms with E-state index in [1.54, 1.807) is 0 Å². The lowest BCUT2D eigenvalue weighted by Gasteiger charge is -2.18. The zero-order valence-corrected chi connectivity index (χ0v) is 49.8. The first-order valence-corrected chi connectivity index (χ1v) is 32.4. The highest BCUT2D eigenvalue weighted by atomic mass is 16.6. The van der Waals surface area contributed by atoms with Crippen LogP contribution < -0.4 is 0 Å². The smallest absolute Gasteiger partial charge is 0.306 e. The summed E-state index contributed by atoms with van der Waals surface area (Å²) in [6.07, 6.45) is 81.9. The van der Waals surface area contributed by atoms with Gasteiger partial charge in [0.2, 0.25) is 0 Å². The molecule has 0 fully saturated rings. The molecule has 0 aliphatic carbocycles. The Morgan fingerprint density at radius 3 is 0.813 bits per heavy atom. The van der Waals surface area contributed by atoms with Gasteiger partial charge in [-0.05, 0) is 109 Å². The zero-order valence-electron chi connectivity index (χ0n) is 49.8. The fourth-order valence-corrected chi connectivity index (χ4v) is 9.25. The molecule has 6 heteroatoms. The molecule has 75 heavy (non-hydrogen) atoms. The van der Waals surface area contributed by atoms with Gasteiger partial charge in [-0.15, -0.1) is 0 Å². The van der Waals surface area contributed by atoms with Gasteiger partial charge in [0.25, 0.3) is 0 Å². The first-order chi connectivity index (χ1) is 37.0. The second-order valence-corrected chi connectivity index (χ2v) is 21.7. The molecule has 0 rings (SSSR count). The van der Waals surface area contributed by atoms with Gasteiger partial charge in [-0.2, -0.15) is 0 Å². The monoisotopic (exact) mass is 1050 g/mol. The Hall–Kier alpha value is -3.15. The van der Waals surface area contributed by atoms with Crippen molar-refractivity contribution in [3.05, 3.63) is 72.9 Å². The van der Waals surface area contributed by atoms with Gasteiger partial charge in [-0.1, -0.05) is 273 Å². The minimum absolute atomic E-state index is 0.0804. The Balaban J connectivity index is 4.29. The Morgan fingerprint density at radius 2 is 0.507 bits per heavy atom. The molecular weight excluding hydrogens is 925 g/mol. The van der Waals surface area contributed by atoms with Crippen LogP contribution in [0.1, 0.15) is 329 Å². The summed E-state index contributed by atoms with van der Waals surface area (Å²) < 4.78 is 16.9. The van der Waals surface area contributed by atoms with Crippen LogP contribution in [0.4, 0.5) is 0 Å². The largest absolute Gasteiger partial charge is 0.462 e. The van der Waals surface area contributed by atoms with Crippen molar-refractivity contribution in [2.24, 2.45) is 0 Å². The summed E-state index contributed by atoms with van der Waals surface area (Å²) in [5, 5.41) is 0. The molecular formula is C69H122O6. The second kappa shape index (κ2) is 63.4. The van der Waals surface area contributed by atoms with Crippen molar-refractivity contribution >= 4 is 17.9 Å². The number of rotatable bonds is 59. The fraction of sp³-hybridized carbons (Fsp3) is 0.783. The van der Waals surface area contributed by atoms with Gasteiger partial charge in [0.1, 0.15) is 13.2 Å². The number of ether oxygens (including phenoxy) is 3. The maximum atomic E-state index is 12.9. The van der Waals surface area contributed by atoms with E-state index in [0.29, 0.717) is 19.3 Å². The molecule has 0 N–H and O–H groups in total. The van der Waals surface area contributed by atoms with E-state index in [9.17, 15) is 14.4 Å².